The normalized spacial score (nSPS) is 10.6. The minimum Gasteiger partial charge on any atom is -0.504 e. The molecule has 0 aromatic heterocycles. The summed E-state index contributed by atoms with van der Waals surface area (Å²) in [5.74, 6) is 2.19. The zero-order chi connectivity index (χ0) is 16.5. The Labute approximate surface area is 140 Å². The molecule has 4 nitrogen and oxygen atoms in total. The molecule has 0 unspecified atom stereocenters. The molecule has 0 heterocycles. The van der Waals surface area contributed by atoms with Gasteiger partial charge in [0.1, 0.15) is 0 Å². The first-order chi connectivity index (χ1) is 11.3. The molecule has 118 valence electrons. The highest BCUT2D eigenvalue weighted by Gasteiger charge is 2.04. The lowest BCUT2D eigenvalue weighted by Crippen LogP contribution is -1.92. The fraction of sp³-hybridized carbons (Fsp3) is 0.222. The van der Waals surface area contributed by atoms with Gasteiger partial charge < -0.3 is 9.84 Å². The molecule has 2 aromatic rings. The van der Waals surface area contributed by atoms with Crippen LogP contribution in [0.3, 0.4) is 0 Å². The highest BCUT2D eigenvalue weighted by molar-refractivity contribution is 7.98. The molecule has 0 atom stereocenters. The van der Waals surface area contributed by atoms with Crippen molar-refractivity contribution in [2.45, 2.75) is 5.75 Å². The molecule has 0 aliphatic carbocycles. The molecule has 23 heavy (non-hydrogen) atoms. The Balaban J connectivity index is 1.81. The van der Waals surface area contributed by atoms with Crippen LogP contribution >= 0.6 is 11.8 Å². The van der Waals surface area contributed by atoms with Crippen molar-refractivity contribution in [2.24, 2.45) is 4.99 Å². The molecular weight excluding hydrogens is 308 g/mol. The minimum atomic E-state index is 0.106. The number of thioether (sulfide) groups is 1. The molecule has 1 N–H and O–H groups in total. The second kappa shape index (κ2) is 8.86. The average Bonchev–Trinajstić information content (AvgIpc) is 2.59. The lowest BCUT2D eigenvalue weighted by molar-refractivity contribution is 0.373. The number of ether oxygens (including phenoxy) is 1. The summed E-state index contributed by atoms with van der Waals surface area (Å²) in [7, 11) is 1.52. The van der Waals surface area contributed by atoms with Gasteiger partial charge in [0, 0.05) is 29.8 Å². The number of phenols is 1. The van der Waals surface area contributed by atoms with Crippen LogP contribution in [0.2, 0.25) is 0 Å². The summed E-state index contributed by atoms with van der Waals surface area (Å²) < 4.78 is 5.06. The van der Waals surface area contributed by atoms with E-state index in [1.807, 2.05) is 30.3 Å². The molecule has 0 amide bonds. The van der Waals surface area contributed by atoms with Gasteiger partial charge in [0.05, 0.1) is 18.7 Å². The van der Waals surface area contributed by atoms with Crippen LogP contribution in [0, 0.1) is 11.3 Å². The second-order valence-electron chi connectivity index (χ2n) is 4.75. The van der Waals surface area contributed by atoms with Crippen molar-refractivity contribution >= 4 is 18.0 Å². The van der Waals surface area contributed by atoms with E-state index in [1.165, 1.54) is 7.11 Å². The summed E-state index contributed by atoms with van der Waals surface area (Å²) >= 11 is 1.73. The Morgan fingerprint density at radius 1 is 1.26 bits per heavy atom. The van der Waals surface area contributed by atoms with Gasteiger partial charge in [-0.05, 0) is 23.8 Å². The third-order valence-corrected chi connectivity index (χ3v) is 4.23. The van der Waals surface area contributed by atoms with Crippen molar-refractivity contribution in [1.29, 1.82) is 5.26 Å². The predicted molar refractivity (Wildman–Crippen MR) is 94.4 cm³/mol. The third-order valence-electron chi connectivity index (χ3n) is 3.24. The monoisotopic (exact) mass is 326 g/mol. The molecule has 0 saturated heterocycles. The molecule has 0 saturated carbocycles. The second-order valence-corrected chi connectivity index (χ2v) is 5.86. The van der Waals surface area contributed by atoms with Crippen LogP contribution in [0.15, 0.2) is 47.5 Å². The SMILES string of the molecule is COc1cccc(C=NCCSCc2ccccc2C#N)c1O. The van der Waals surface area contributed by atoms with Gasteiger partial charge >= 0.3 is 0 Å². The number of aromatic hydroxyl groups is 1. The summed E-state index contributed by atoms with van der Waals surface area (Å²) in [6.45, 7) is 0.649. The van der Waals surface area contributed by atoms with E-state index in [9.17, 15) is 5.11 Å². The van der Waals surface area contributed by atoms with Crippen molar-refractivity contribution in [2.75, 3.05) is 19.4 Å². The number of para-hydroxylation sites is 1. The van der Waals surface area contributed by atoms with E-state index in [0.29, 0.717) is 17.9 Å². The Morgan fingerprint density at radius 2 is 2.09 bits per heavy atom. The lowest BCUT2D eigenvalue weighted by atomic mass is 10.1. The van der Waals surface area contributed by atoms with Gasteiger partial charge in [-0.3, -0.25) is 4.99 Å². The fourth-order valence-electron chi connectivity index (χ4n) is 2.03. The molecule has 0 aliphatic rings. The lowest BCUT2D eigenvalue weighted by Gasteiger charge is -2.05. The molecule has 0 bridgehead atoms. The first-order valence-electron chi connectivity index (χ1n) is 7.17. The molecule has 0 aliphatic heterocycles. The first-order valence-corrected chi connectivity index (χ1v) is 8.33. The van der Waals surface area contributed by atoms with Crippen LogP contribution < -0.4 is 4.74 Å². The number of phenolic OH excluding ortho intramolecular Hbond substituents is 1. The van der Waals surface area contributed by atoms with Crippen LogP contribution in [0.1, 0.15) is 16.7 Å². The predicted octanol–water partition coefficient (Wildman–Crippen LogP) is 3.62. The standard InChI is InChI=1S/C18H18N2O2S/c1-22-17-8-4-7-15(18(17)21)12-20-9-10-23-13-16-6-3-2-5-14(16)11-19/h2-8,12,21H,9-10,13H2,1H3. The minimum absolute atomic E-state index is 0.106. The van der Waals surface area contributed by atoms with Crippen LogP contribution in [0.25, 0.3) is 0 Å². The van der Waals surface area contributed by atoms with E-state index < -0.39 is 0 Å². The Hall–Kier alpha value is -2.45. The number of hydrogen-bond acceptors (Lipinski definition) is 5. The smallest absolute Gasteiger partial charge is 0.166 e. The molecule has 5 heteroatoms. The summed E-state index contributed by atoms with van der Waals surface area (Å²) in [6.07, 6.45) is 1.65. The largest absolute Gasteiger partial charge is 0.504 e. The van der Waals surface area contributed by atoms with Gasteiger partial charge in [-0.15, -0.1) is 0 Å². The van der Waals surface area contributed by atoms with E-state index in [1.54, 1.807) is 30.1 Å². The van der Waals surface area contributed by atoms with Gasteiger partial charge in [0.25, 0.3) is 0 Å². The van der Waals surface area contributed by atoms with Crippen molar-refractivity contribution in [3.8, 4) is 17.6 Å². The topological polar surface area (TPSA) is 65.6 Å². The number of methoxy groups -OCH3 is 1. The fourth-order valence-corrected chi connectivity index (χ4v) is 2.88. The summed E-state index contributed by atoms with van der Waals surface area (Å²) in [5, 5.41) is 19.0. The maximum atomic E-state index is 9.95. The Kier molecular flexibility index (Phi) is 6.52. The molecule has 2 aromatic carbocycles. The molecule has 0 radical (unpaired) electrons. The van der Waals surface area contributed by atoms with Crippen molar-refractivity contribution in [3.05, 3.63) is 59.2 Å². The summed E-state index contributed by atoms with van der Waals surface area (Å²) in [6, 6.07) is 15.1. The Bertz CT molecular complexity index is 723. The summed E-state index contributed by atoms with van der Waals surface area (Å²) in [5.41, 5.74) is 2.42. The molecule has 2 rings (SSSR count). The summed E-state index contributed by atoms with van der Waals surface area (Å²) in [4.78, 5) is 4.33. The first kappa shape index (κ1) is 16.9. The van der Waals surface area contributed by atoms with Crippen molar-refractivity contribution in [1.82, 2.24) is 0 Å². The van der Waals surface area contributed by atoms with Gasteiger partial charge in [0.2, 0.25) is 0 Å². The van der Waals surface area contributed by atoms with E-state index in [0.717, 1.165) is 22.6 Å². The zero-order valence-corrected chi connectivity index (χ0v) is 13.7. The van der Waals surface area contributed by atoms with Gasteiger partial charge in [-0.25, -0.2) is 0 Å². The quantitative estimate of drug-likeness (QED) is 0.623. The number of benzene rings is 2. The van der Waals surface area contributed by atoms with Gasteiger partial charge in [0.15, 0.2) is 11.5 Å². The number of nitrogens with zero attached hydrogens (tertiary/aromatic N) is 2. The highest BCUT2D eigenvalue weighted by atomic mass is 32.2. The molecule has 0 spiro atoms. The van der Waals surface area contributed by atoms with Crippen LogP contribution in [0.4, 0.5) is 0 Å². The van der Waals surface area contributed by atoms with E-state index >= 15 is 0 Å². The number of nitriles is 1. The van der Waals surface area contributed by atoms with E-state index in [4.69, 9.17) is 10.00 Å². The third kappa shape index (κ3) is 4.76. The number of aliphatic imine (C=N–C) groups is 1. The van der Waals surface area contributed by atoms with E-state index in [2.05, 4.69) is 11.1 Å². The van der Waals surface area contributed by atoms with Crippen molar-refractivity contribution in [3.63, 3.8) is 0 Å². The van der Waals surface area contributed by atoms with Gasteiger partial charge in [-0.1, -0.05) is 24.3 Å². The zero-order valence-electron chi connectivity index (χ0n) is 12.9. The van der Waals surface area contributed by atoms with E-state index in [-0.39, 0.29) is 5.75 Å². The maximum absolute atomic E-state index is 9.95. The maximum Gasteiger partial charge on any atom is 0.166 e. The van der Waals surface area contributed by atoms with Crippen LogP contribution in [-0.2, 0) is 5.75 Å². The molecular formula is C18H18N2O2S. The Morgan fingerprint density at radius 3 is 2.87 bits per heavy atom. The molecule has 0 fully saturated rings. The van der Waals surface area contributed by atoms with Crippen molar-refractivity contribution < 1.29 is 9.84 Å². The van der Waals surface area contributed by atoms with Crippen LogP contribution in [-0.4, -0.2) is 30.7 Å². The van der Waals surface area contributed by atoms with Gasteiger partial charge in [-0.2, -0.15) is 17.0 Å². The average molecular weight is 326 g/mol. The van der Waals surface area contributed by atoms with Crippen LogP contribution in [0.5, 0.6) is 11.5 Å². The highest BCUT2D eigenvalue weighted by Crippen LogP contribution is 2.28. The number of hydrogen-bond donors (Lipinski definition) is 1. The number of rotatable bonds is 7.